The molecule has 0 amide bonds. The van der Waals surface area contributed by atoms with Gasteiger partial charge < -0.3 is 5.02 Å². The van der Waals surface area contributed by atoms with Gasteiger partial charge in [0.15, 0.2) is 5.82 Å². The summed E-state index contributed by atoms with van der Waals surface area (Å²) < 4.78 is 1.44. The van der Waals surface area contributed by atoms with Crippen molar-refractivity contribution < 1.29 is 5.02 Å². The van der Waals surface area contributed by atoms with Gasteiger partial charge in [0.1, 0.15) is 5.82 Å². The van der Waals surface area contributed by atoms with Gasteiger partial charge >= 0.3 is 7.05 Å². The monoisotopic (exact) mass is 217 g/mol. The molecule has 2 aromatic rings. The Balaban J connectivity index is 2.35. The summed E-state index contributed by atoms with van der Waals surface area (Å²) in [6.45, 7) is 1.76. The molecule has 0 atom stereocenters. The number of rotatable bonds is 3. The molecule has 0 saturated heterocycles. The lowest BCUT2D eigenvalue weighted by atomic mass is 9.78. The van der Waals surface area contributed by atoms with Gasteiger partial charge in [0.25, 0.3) is 0 Å². The van der Waals surface area contributed by atoms with Crippen LogP contribution in [0, 0.1) is 11.8 Å². The van der Waals surface area contributed by atoms with Gasteiger partial charge in [-0.05, 0) is 6.92 Å². The van der Waals surface area contributed by atoms with E-state index in [-0.39, 0.29) is 0 Å². The van der Waals surface area contributed by atoms with E-state index in [1.165, 1.54) is 17.1 Å². The predicted molar refractivity (Wildman–Crippen MR) is 57.3 cm³/mol. The van der Waals surface area contributed by atoms with Crippen molar-refractivity contribution >= 4 is 12.5 Å². The molecule has 1 N–H and O–H groups in total. The minimum Gasteiger partial charge on any atom is -0.425 e. The summed E-state index contributed by atoms with van der Waals surface area (Å²) in [5.41, 5.74) is 0.325. The van der Waals surface area contributed by atoms with Crippen LogP contribution in [0.2, 0.25) is 0 Å². The molecular weight excluding hydrogens is 209 g/mol. The minimum absolute atomic E-state index is 0.325. The molecule has 2 rings (SSSR count). The van der Waals surface area contributed by atoms with Crippen LogP contribution < -0.4 is 5.46 Å². The Morgan fingerprint density at radius 1 is 1.56 bits per heavy atom. The maximum absolute atomic E-state index is 10.1. The highest BCUT2D eigenvalue weighted by molar-refractivity contribution is 6.64. The smallest absolute Gasteiger partial charge is 0.425 e. The standard InChI is InChI=1S/C8H8BN5O2/c1-6-10-3-2-8(12-6)14-5-7(4-11-14)9(15)13-16/h2-5,15H,1H3. The molecule has 0 spiro atoms. The summed E-state index contributed by atoms with van der Waals surface area (Å²) in [5.74, 6) is 1.18. The molecule has 7 nitrogen and oxygen atoms in total. The fraction of sp³-hybridized carbons (Fsp3) is 0.125. The van der Waals surface area contributed by atoms with Crippen LogP contribution in [0.3, 0.4) is 0 Å². The molecule has 0 fully saturated rings. The maximum atomic E-state index is 10.1. The molecule has 0 saturated carbocycles. The van der Waals surface area contributed by atoms with Crippen LogP contribution in [0.1, 0.15) is 5.82 Å². The van der Waals surface area contributed by atoms with Gasteiger partial charge in [-0.15, -0.1) is 0 Å². The van der Waals surface area contributed by atoms with Crippen molar-refractivity contribution in [1.82, 2.24) is 19.7 Å². The largest absolute Gasteiger partial charge is 0.520 e. The van der Waals surface area contributed by atoms with Gasteiger partial charge in [0.05, 0.1) is 0 Å². The number of aryl methyl sites for hydroxylation is 1. The molecule has 80 valence electrons. The second-order valence-corrected chi connectivity index (χ2v) is 3.16. The topological polar surface area (TPSA) is 93.3 Å². The summed E-state index contributed by atoms with van der Waals surface area (Å²) >= 11 is 0. The van der Waals surface area contributed by atoms with Gasteiger partial charge in [-0.1, -0.05) is 5.09 Å². The third-order valence-electron chi connectivity index (χ3n) is 2.00. The van der Waals surface area contributed by atoms with E-state index >= 15 is 0 Å². The first-order chi connectivity index (χ1) is 7.70. The first-order valence-electron chi connectivity index (χ1n) is 4.56. The van der Waals surface area contributed by atoms with Crippen molar-refractivity contribution in [2.75, 3.05) is 0 Å². The van der Waals surface area contributed by atoms with Gasteiger partial charge in [-0.2, -0.15) is 10.0 Å². The van der Waals surface area contributed by atoms with E-state index in [0.29, 0.717) is 17.1 Å². The lowest BCUT2D eigenvalue weighted by molar-refractivity contribution is 0.587. The van der Waals surface area contributed by atoms with Gasteiger partial charge in [0, 0.05) is 30.1 Å². The Bertz CT molecular complexity index is 515. The van der Waals surface area contributed by atoms with Crippen molar-refractivity contribution in [1.29, 1.82) is 0 Å². The van der Waals surface area contributed by atoms with Crippen LogP contribution in [0.25, 0.3) is 5.82 Å². The van der Waals surface area contributed by atoms with Crippen LogP contribution >= 0.6 is 0 Å². The van der Waals surface area contributed by atoms with Crippen LogP contribution in [0.4, 0.5) is 0 Å². The highest BCUT2D eigenvalue weighted by atomic mass is 16.3. The molecule has 0 aliphatic rings. The molecule has 0 radical (unpaired) electrons. The lowest BCUT2D eigenvalue weighted by Gasteiger charge is -1.99. The van der Waals surface area contributed by atoms with Crippen molar-refractivity contribution in [3.63, 3.8) is 0 Å². The molecule has 2 heterocycles. The Hall–Kier alpha value is -2.09. The fourth-order valence-electron chi connectivity index (χ4n) is 1.23. The average molecular weight is 217 g/mol. The van der Waals surface area contributed by atoms with Crippen LogP contribution in [0.5, 0.6) is 0 Å². The number of hydrogen-bond acceptors (Lipinski definition) is 6. The van der Waals surface area contributed by atoms with E-state index in [1.54, 1.807) is 19.2 Å². The Kier molecular flexibility index (Phi) is 2.73. The SMILES string of the molecule is Cc1nccc(-n2cc(B(O)N=O)cn2)n1. The molecule has 16 heavy (non-hydrogen) atoms. The third-order valence-corrected chi connectivity index (χ3v) is 2.00. The van der Waals surface area contributed by atoms with Crippen molar-refractivity contribution in [2.45, 2.75) is 6.92 Å². The molecule has 0 bridgehead atoms. The summed E-state index contributed by atoms with van der Waals surface area (Å²) in [6, 6.07) is 1.67. The van der Waals surface area contributed by atoms with Crippen LogP contribution in [-0.2, 0) is 0 Å². The van der Waals surface area contributed by atoms with E-state index in [0.717, 1.165) is 0 Å². The minimum atomic E-state index is -1.39. The van der Waals surface area contributed by atoms with Crippen molar-refractivity contribution in [2.24, 2.45) is 5.09 Å². The van der Waals surface area contributed by atoms with Crippen LogP contribution in [-0.4, -0.2) is 31.8 Å². The second kappa shape index (κ2) is 4.19. The number of nitrogens with zero attached hydrogens (tertiary/aromatic N) is 5. The second-order valence-electron chi connectivity index (χ2n) is 3.16. The zero-order valence-corrected chi connectivity index (χ0v) is 8.48. The van der Waals surface area contributed by atoms with Gasteiger partial charge in [-0.25, -0.2) is 14.6 Å². The van der Waals surface area contributed by atoms with E-state index in [9.17, 15) is 9.93 Å². The normalized spacial score (nSPS) is 10.1. The Labute approximate surface area is 91.3 Å². The van der Waals surface area contributed by atoms with Crippen LogP contribution in [0.15, 0.2) is 29.7 Å². The molecule has 0 aromatic carbocycles. The summed E-state index contributed by atoms with van der Waals surface area (Å²) in [7, 11) is -1.39. The molecule has 8 heteroatoms. The maximum Gasteiger partial charge on any atom is 0.520 e. The third kappa shape index (κ3) is 1.96. The Morgan fingerprint density at radius 3 is 3.06 bits per heavy atom. The summed E-state index contributed by atoms with van der Waals surface area (Å²) in [6.07, 6.45) is 4.46. The lowest BCUT2D eigenvalue weighted by Crippen LogP contribution is -2.26. The Morgan fingerprint density at radius 2 is 2.38 bits per heavy atom. The van der Waals surface area contributed by atoms with E-state index in [2.05, 4.69) is 20.2 Å². The first-order valence-corrected chi connectivity index (χ1v) is 4.56. The van der Waals surface area contributed by atoms with E-state index in [4.69, 9.17) is 0 Å². The summed E-state index contributed by atoms with van der Waals surface area (Å²) in [5, 5.41) is 15.6. The van der Waals surface area contributed by atoms with Crippen molar-refractivity contribution in [3.05, 3.63) is 35.4 Å². The van der Waals surface area contributed by atoms with E-state index in [1.807, 2.05) is 0 Å². The quantitative estimate of drug-likeness (QED) is 0.548. The summed E-state index contributed by atoms with van der Waals surface area (Å²) in [4.78, 5) is 18.2. The number of hydrogen-bond donors (Lipinski definition) is 1. The van der Waals surface area contributed by atoms with Gasteiger partial charge in [0.2, 0.25) is 0 Å². The molecular formula is C8H8BN5O2. The number of aromatic nitrogens is 4. The molecule has 0 aliphatic carbocycles. The number of nitroso groups, excluding NO2 is 1. The first kappa shape index (κ1) is 10.4. The molecule has 0 aliphatic heterocycles. The van der Waals surface area contributed by atoms with E-state index < -0.39 is 7.05 Å². The highest BCUT2D eigenvalue weighted by Crippen LogP contribution is 2.00. The highest BCUT2D eigenvalue weighted by Gasteiger charge is 2.18. The predicted octanol–water partition coefficient (Wildman–Crippen LogP) is -0.575. The van der Waals surface area contributed by atoms with Gasteiger partial charge in [-0.3, -0.25) is 0 Å². The molecule has 2 aromatic heterocycles. The zero-order chi connectivity index (χ0) is 11.5. The fourth-order valence-corrected chi connectivity index (χ4v) is 1.23. The average Bonchev–Trinajstić information content (AvgIpc) is 2.77. The van der Waals surface area contributed by atoms with Crippen molar-refractivity contribution in [3.8, 4) is 5.82 Å². The molecule has 0 unspecified atom stereocenters. The zero-order valence-electron chi connectivity index (χ0n) is 8.48.